The average molecular weight is 264 g/mol. The number of anilines is 1. The van der Waals surface area contributed by atoms with Gasteiger partial charge in [-0.1, -0.05) is 11.8 Å². The molecule has 1 fully saturated rings. The van der Waals surface area contributed by atoms with E-state index in [2.05, 4.69) is 11.9 Å². The van der Waals surface area contributed by atoms with Gasteiger partial charge in [-0.15, -0.1) is 0 Å². The summed E-state index contributed by atoms with van der Waals surface area (Å²) >= 11 is 1.61. The van der Waals surface area contributed by atoms with Crippen molar-refractivity contribution in [3.63, 3.8) is 0 Å². The maximum absolute atomic E-state index is 5.77. The summed E-state index contributed by atoms with van der Waals surface area (Å²) < 4.78 is 11.4. The molecule has 0 bridgehead atoms. The summed E-state index contributed by atoms with van der Waals surface area (Å²) in [4.78, 5) is 4.42. The van der Waals surface area contributed by atoms with E-state index in [0.717, 1.165) is 29.7 Å². The van der Waals surface area contributed by atoms with Crippen molar-refractivity contribution in [1.29, 1.82) is 0 Å². The van der Waals surface area contributed by atoms with E-state index in [-0.39, 0.29) is 0 Å². The fourth-order valence-electron chi connectivity index (χ4n) is 2.15. The highest BCUT2D eigenvalue weighted by molar-refractivity contribution is 7.99. The predicted octanol–water partition coefficient (Wildman–Crippen LogP) is 3.07. The number of nitrogens with two attached hydrogens (primary N) is 1. The molecular formula is C13H16N2O2S. The van der Waals surface area contributed by atoms with Crippen molar-refractivity contribution >= 4 is 28.5 Å². The van der Waals surface area contributed by atoms with Crippen molar-refractivity contribution in [3.8, 4) is 0 Å². The maximum atomic E-state index is 5.77. The van der Waals surface area contributed by atoms with Crippen molar-refractivity contribution in [3.05, 3.63) is 18.2 Å². The van der Waals surface area contributed by atoms with E-state index in [1.807, 2.05) is 12.1 Å². The molecule has 1 aromatic heterocycles. The number of nitrogens with zero attached hydrogens (tertiary/aromatic N) is 1. The van der Waals surface area contributed by atoms with E-state index in [9.17, 15) is 0 Å². The van der Waals surface area contributed by atoms with Crippen LogP contribution in [0.1, 0.15) is 19.8 Å². The molecule has 3 rings (SSSR count). The molecule has 0 amide bonds. The number of rotatable bonds is 3. The van der Waals surface area contributed by atoms with Gasteiger partial charge in [-0.25, -0.2) is 4.98 Å². The summed E-state index contributed by atoms with van der Waals surface area (Å²) in [5, 5.41) is 0.693. The molecule has 1 aliphatic rings. The monoisotopic (exact) mass is 264 g/mol. The number of benzene rings is 1. The first-order valence-corrected chi connectivity index (χ1v) is 7.13. The zero-order valence-corrected chi connectivity index (χ0v) is 11.1. The third-order valence-corrected chi connectivity index (χ3v) is 4.07. The Bertz CT molecular complexity index is 555. The lowest BCUT2D eigenvalue weighted by Crippen LogP contribution is -2.10. The molecule has 2 unspecified atom stereocenters. The standard InChI is InChI=1S/C13H16N2O2S/c1-8-2-4-10(16-8)7-18-13-15-11-5-3-9(14)6-12(11)17-13/h3,5-6,8,10H,2,4,7,14H2,1H3. The highest BCUT2D eigenvalue weighted by atomic mass is 32.2. The van der Waals surface area contributed by atoms with Gasteiger partial charge in [0.05, 0.1) is 12.2 Å². The summed E-state index contributed by atoms with van der Waals surface area (Å²) in [6, 6.07) is 5.52. The molecule has 1 saturated heterocycles. The van der Waals surface area contributed by atoms with Crippen LogP contribution in [0, 0.1) is 0 Å². The van der Waals surface area contributed by atoms with Crippen LogP contribution in [0.15, 0.2) is 27.8 Å². The van der Waals surface area contributed by atoms with Gasteiger partial charge in [0.25, 0.3) is 5.22 Å². The molecular weight excluding hydrogens is 248 g/mol. The first-order valence-electron chi connectivity index (χ1n) is 6.15. The Kier molecular flexibility index (Phi) is 3.18. The largest absolute Gasteiger partial charge is 0.431 e. The van der Waals surface area contributed by atoms with Crippen LogP contribution >= 0.6 is 11.8 Å². The number of aromatic nitrogens is 1. The molecule has 0 radical (unpaired) electrons. The zero-order valence-electron chi connectivity index (χ0n) is 10.3. The van der Waals surface area contributed by atoms with E-state index >= 15 is 0 Å². The van der Waals surface area contributed by atoms with Gasteiger partial charge in [-0.05, 0) is 31.9 Å². The molecule has 18 heavy (non-hydrogen) atoms. The summed E-state index contributed by atoms with van der Waals surface area (Å²) in [5.41, 5.74) is 8.01. The lowest BCUT2D eigenvalue weighted by molar-refractivity contribution is 0.0699. The maximum Gasteiger partial charge on any atom is 0.256 e. The molecule has 96 valence electrons. The van der Waals surface area contributed by atoms with Crippen LogP contribution in [-0.4, -0.2) is 22.9 Å². The summed E-state index contributed by atoms with van der Waals surface area (Å²) in [6.07, 6.45) is 2.99. The first-order chi connectivity index (χ1) is 8.70. The summed E-state index contributed by atoms with van der Waals surface area (Å²) in [5.74, 6) is 0.895. The predicted molar refractivity (Wildman–Crippen MR) is 72.7 cm³/mol. The number of fused-ring (bicyclic) bond motifs is 1. The normalized spacial score (nSPS) is 23.8. The van der Waals surface area contributed by atoms with Crippen LogP contribution in [0.3, 0.4) is 0 Å². The Hall–Kier alpha value is -1.20. The first kappa shape index (κ1) is 11.9. The number of oxazole rings is 1. The molecule has 0 saturated carbocycles. The Balaban J connectivity index is 1.67. The molecule has 2 atom stereocenters. The molecule has 4 nitrogen and oxygen atoms in total. The highest BCUT2D eigenvalue weighted by Crippen LogP contribution is 2.28. The minimum Gasteiger partial charge on any atom is -0.431 e. The van der Waals surface area contributed by atoms with Crippen LogP contribution in [0.2, 0.25) is 0 Å². The average Bonchev–Trinajstić information content (AvgIpc) is 2.92. The second-order valence-electron chi connectivity index (χ2n) is 4.66. The second-order valence-corrected chi connectivity index (χ2v) is 5.64. The van der Waals surface area contributed by atoms with Crippen molar-refractivity contribution < 1.29 is 9.15 Å². The van der Waals surface area contributed by atoms with Crippen molar-refractivity contribution in [1.82, 2.24) is 4.98 Å². The molecule has 2 heterocycles. The fraction of sp³-hybridized carbons (Fsp3) is 0.462. The molecule has 0 spiro atoms. The minimum atomic E-state index is 0.324. The van der Waals surface area contributed by atoms with Gasteiger partial charge in [0.15, 0.2) is 5.58 Å². The third kappa shape index (κ3) is 2.47. The van der Waals surface area contributed by atoms with Crippen molar-refractivity contribution in [2.24, 2.45) is 0 Å². The molecule has 5 heteroatoms. The van der Waals surface area contributed by atoms with Gasteiger partial charge >= 0.3 is 0 Å². The lowest BCUT2D eigenvalue weighted by Gasteiger charge is -2.08. The van der Waals surface area contributed by atoms with Gasteiger partial charge in [0.2, 0.25) is 0 Å². The second kappa shape index (κ2) is 4.82. The molecule has 2 N–H and O–H groups in total. The van der Waals surface area contributed by atoms with Crippen LogP contribution in [0.25, 0.3) is 11.1 Å². The Labute approximate surface area is 110 Å². The molecule has 2 aromatic rings. The van der Waals surface area contributed by atoms with Crippen LogP contribution in [0.4, 0.5) is 5.69 Å². The van der Waals surface area contributed by atoms with Gasteiger partial charge in [-0.2, -0.15) is 0 Å². The fourth-order valence-corrected chi connectivity index (χ4v) is 3.04. The van der Waals surface area contributed by atoms with Crippen LogP contribution < -0.4 is 5.73 Å². The highest BCUT2D eigenvalue weighted by Gasteiger charge is 2.22. The number of ether oxygens (including phenoxy) is 1. The van der Waals surface area contributed by atoms with E-state index in [1.165, 1.54) is 0 Å². The number of hydrogen-bond acceptors (Lipinski definition) is 5. The van der Waals surface area contributed by atoms with Gasteiger partial charge < -0.3 is 14.9 Å². The van der Waals surface area contributed by atoms with Crippen LogP contribution in [0.5, 0.6) is 0 Å². The minimum absolute atomic E-state index is 0.324. The van der Waals surface area contributed by atoms with Gasteiger partial charge in [-0.3, -0.25) is 0 Å². The quantitative estimate of drug-likeness (QED) is 0.682. The Morgan fingerprint density at radius 1 is 1.44 bits per heavy atom. The van der Waals surface area contributed by atoms with E-state index < -0.39 is 0 Å². The Morgan fingerprint density at radius 3 is 3.11 bits per heavy atom. The smallest absolute Gasteiger partial charge is 0.256 e. The molecule has 0 aliphatic carbocycles. The molecule has 1 aromatic carbocycles. The van der Waals surface area contributed by atoms with E-state index in [0.29, 0.717) is 23.1 Å². The zero-order chi connectivity index (χ0) is 12.5. The summed E-state index contributed by atoms with van der Waals surface area (Å²) in [6.45, 7) is 2.12. The molecule has 1 aliphatic heterocycles. The number of hydrogen-bond donors (Lipinski definition) is 1. The SMILES string of the molecule is CC1CCC(CSc2nc3ccc(N)cc3o2)O1. The van der Waals surface area contributed by atoms with Gasteiger partial charge in [0.1, 0.15) is 5.52 Å². The number of nitrogen functional groups attached to an aromatic ring is 1. The van der Waals surface area contributed by atoms with Crippen molar-refractivity contribution in [2.75, 3.05) is 11.5 Å². The summed E-state index contributed by atoms with van der Waals surface area (Å²) in [7, 11) is 0. The lowest BCUT2D eigenvalue weighted by atomic mass is 10.2. The van der Waals surface area contributed by atoms with Crippen molar-refractivity contribution in [2.45, 2.75) is 37.2 Å². The third-order valence-electron chi connectivity index (χ3n) is 3.11. The van der Waals surface area contributed by atoms with E-state index in [4.69, 9.17) is 14.9 Å². The van der Waals surface area contributed by atoms with Gasteiger partial charge in [0, 0.05) is 17.5 Å². The van der Waals surface area contributed by atoms with Crippen LogP contribution in [-0.2, 0) is 4.74 Å². The topological polar surface area (TPSA) is 61.3 Å². The Morgan fingerprint density at radius 2 is 2.33 bits per heavy atom. The van der Waals surface area contributed by atoms with E-state index in [1.54, 1.807) is 17.8 Å². The number of thioether (sulfide) groups is 1.